The topological polar surface area (TPSA) is 124 Å². The van der Waals surface area contributed by atoms with Gasteiger partial charge in [-0.2, -0.15) is 4.99 Å². The summed E-state index contributed by atoms with van der Waals surface area (Å²) in [6, 6.07) is 7.19. The summed E-state index contributed by atoms with van der Waals surface area (Å²) in [5.41, 5.74) is 0.687. The quantitative estimate of drug-likeness (QED) is 0.571. The molecule has 9 nitrogen and oxygen atoms in total. The minimum absolute atomic E-state index is 0.00720. The van der Waals surface area contributed by atoms with E-state index in [4.69, 9.17) is 4.74 Å². The number of hydrogen-bond acceptors (Lipinski definition) is 7. The van der Waals surface area contributed by atoms with E-state index >= 15 is 0 Å². The lowest BCUT2D eigenvalue weighted by molar-refractivity contribution is -0.143. The van der Waals surface area contributed by atoms with Gasteiger partial charge in [0.25, 0.3) is 5.91 Å². The predicted molar refractivity (Wildman–Crippen MR) is 121 cm³/mol. The van der Waals surface area contributed by atoms with Gasteiger partial charge in [-0.25, -0.2) is 8.42 Å². The smallest absolute Gasteiger partial charge is 0.326 e. The van der Waals surface area contributed by atoms with Crippen molar-refractivity contribution in [2.45, 2.75) is 51.6 Å². The van der Waals surface area contributed by atoms with Crippen LogP contribution in [0.1, 0.15) is 39.0 Å². The maximum Gasteiger partial charge on any atom is 0.326 e. The van der Waals surface area contributed by atoms with E-state index in [0.717, 1.165) is 36.8 Å². The van der Waals surface area contributed by atoms with Crippen molar-refractivity contribution >= 4 is 49.2 Å². The highest BCUT2D eigenvalue weighted by atomic mass is 32.2. The first-order valence-corrected chi connectivity index (χ1v) is 13.2. The molecule has 1 N–H and O–H groups in total. The number of aromatic nitrogens is 1. The second-order valence-corrected chi connectivity index (χ2v) is 10.8. The normalized spacial score (nSPS) is 15.6. The molecule has 1 aliphatic rings. The lowest BCUT2D eigenvalue weighted by Crippen LogP contribution is -2.40. The van der Waals surface area contributed by atoms with Crippen LogP contribution in [0.25, 0.3) is 10.2 Å². The zero-order valence-corrected chi connectivity index (χ0v) is 19.5. The van der Waals surface area contributed by atoms with Crippen molar-refractivity contribution in [3.63, 3.8) is 0 Å². The van der Waals surface area contributed by atoms with Crippen LogP contribution in [0, 0.1) is 0 Å². The third-order valence-electron chi connectivity index (χ3n) is 5.07. The van der Waals surface area contributed by atoms with Crippen molar-refractivity contribution in [1.82, 2.24) is 9.88 Å². The minimum Gasteiger partial charge on any atom is -0.465 e. The van der Waals surface area contributed by atoms with Crippen LogP contribution in [0.3, 0.4) is 0 Å². The average Bonchev–Trinajstić information content (AvgIpc) is 3.04. The summed E-state index contributed by atoms with van der Waals surface area (Å²) in [5, 5.41) is 2.74. The van der Waals surface area contributed by atoms with E-state index < -0.39 is 39.1 Å². The van der Waals surface area contributed by atoms with Crippen LogP contribution in [-0.2, 0) is 35.5 Å². The lowest BCUT2D eigenvalue weighted by Gasteiger charge is -2.22. The Morgan fingerprint density at radius 3 is 2.59 bits per heavy atom. The highest BCUT2D eigenvalue weighted by Crippen LogP contribution is 2.18. The number of amides is 2. The molecule has 1 aromatic heterocycles. The molecule has 0 bridgehead atoms. The zero-order chi connectivity index (χ0) is 23.1. The van der Waals surface area contributed by atoms with Crippen molar-refractivity contribution in [2.24, 2.45) is 4.99 Å². The first-order valence-electron chi connectivity index (χ1n) is 10.6. The Balaban J connectivity index is 1.73. The Morgan fingerprint density at radius 1 is 1.16 bits per heavy atom. The van der Waals surface area contributed by atoms with E-state index in [1.807, 2.05) is 12.1 Å². The summed E-state index contributed by atoms with van der Waals surface area (Å²) < 4.78 is 32.1. The number of rotatable bonds is 8. The fourth-order valence-corrected chi connectivity index (χ4v) is 5.76. The van der Waals surface area contributed by atoms with Gasteiger partial charge in [0.15, 0.2) is 14.6 Å². The minimum atomic E-state index is -3.98. The summed E-state index contributed by atoms with van der Waals surface area (Å²) >= 11 is 1.17. The number of carbonyl (C=O) groups is 3. The molecule has 0 spiro atoms. The average molecular weight is 482 g/mol. The van der Waals surface area contributed by atoms with Crippen molar-refractivity contribution in [3.05, 3.63) is 29.1 Å². The van der Waals surface area contributed by atoms with Gasteiger partial charge in [0.05, 0.1) is 16.8 Å². The Kier molecular flexibility index (Phi) is 8.19. The van der Waals surface area contributed by atoms with E-state index in [9.17, 15) is 22.8 Å². The predicted octanol–water partition coefficient (Wildman–Crippen LogP) is 1.56. The second-order valence-electron chi connectivity index (χ2n) is 7.68. The van der Waals surface area contributed by atoms with Gasteiger partial charge in [-0.3, -0.25) is 14.4 Å². The molecule has 32 heavy (non-hydrogen) atoms. The summed E-state index contributed by atoms with van der Waals surface area (Å²) in [7, 11) is -3.98. The number of benzene rings is 1. The molecule has 1 fully saturated rings. The fraction of sp³-hybridized carbons (Fsp3) is 0.524. The molecule has 0 saturated heterocycles. The molecule has 0 radical (unpaired) electrons. The zero-order valence-electron chi connectivity index (χ0n) is 17.9. The molecule has 1 saturated carbocycles. The van der Waals surface area contributed by atoms with Gasteiger partial charge in [0.1, 0.15) is 18.1 Å². The molecule has 0 atom stereocenters. The first kappa shape index (κ1) is 24.1. The largest absolute Gasteiger partial charge is 0.465 e. The van der Waals surface area contributed by atoms with Gasteiger partial charge in [0.2, 0.25) is 5.91 Å². The van der Waals surface area contributed by atoms with Gasteiger partial charge < -0.3 is 14.6 Å². The number of nitrogens with zero attached hydrogens (tertiary/aromatic N) is 2. The molecule has 2 aromatic rings. The van der Waals surface area contributed by atoms with E-state index in [1.54, 1.807) is 19.1 Å². The fourth-order valence-electron chi connectivity index (χ4n) is 3.69. The summed E-state index contributed by atoms with van der Waals surface area (Å²) in [4.78, 5) is 40.7. The van der Waals surface area contributed by atoms with Crippen LogP contribution in [0.15, 0.2) is 29.3 Å². The Bertz CT molecular complexity index is 1160. The summed E-state index contributed by atoms with van der Waals surface area (Å²) in [5.74, 6) is -3.60. The SMILES string of the molecule is CCOC(=O)Cn1c(=NC(=O)CS(=O)(=O)CC(=O)NC2CCCCC2)sc2ccccc21. The van der Waals surface area contributed by atoms with Gasteiger partial charge >= 0.3 is 5.97 Å². The number of nitrogens with one attached hydrogen (secondary N) is 1. The van der Waals surface area contributed by atoms with E-state index in [0.29, 0.717) is 5.52 Å². The molecule has 2 amide bonds. The van der Waals surface area contributed by atoms with Gasteiger partial charge in [0, 0.05) is 6.04 Å². The molecule has 0 unspecified atom stereocenters. The first-order chi connectivity index (χ1) is 15.3. The van der Waals surface area contributed by atoms with Crippen molar-refractivity contribution in [3.8, 4) is 0 Å². The highest BCUT2D eigenvalue weighted by molar-refractivity contribution is 7.92. The third kappa shape index (κ3) is 6.73. The number of thiazole rings is 1. The summed E-state index contributed by atoms with van der Waals surface area (Å²) in [6.07, 6.45) is 4.82. The van der Waals surface area contributed by atoms with Gasteiger partial charge in [-0.15, -0.1) is 0 Å². The molecule has 0 aliphatic heterocycles. The van der Waals surface area contributed by atoms with Crippen LogP contribution in [0.5, 0.6) is 0 Å². The Morgan fingerprint density at radius 2 is 1.88 bits per heavy atom. The standard InChI is InChI=1S/C21H27N3O6S2/c1-2-30-20(27)12-24-16-10-6-7-11-17(16)31-21(24)23-19(26)14-32(28,29)13-18(25)22-15-8-4-3-5-9-15/h6-7,10-11,15H,2-5,8-9,12-14H2,1H3,(H,22,25). The van der Waals surface area contributed by atoms with Crippen molar-refractivity contribution < 1.29 is 27.5 Å². The van der Waals surface area contributed by atoms with E-state index in [-0.39, 0.29) is 24.0 Å². The van der Waals surface area contributed by atoms with Crippen molar-refractivity contribution in [2.75, 3.05) is 18.1 Å². The number of sulfone groups is 1. The van der Waals surface area contributed by atoms with E-state index in [2.05, 4.69) is 10.3 Å². The Hall–Kier alpha value is -2.53. The van der Waals surface area contributed by atoms with Crippen LogP contribution in [0.2, 0.25) is 0 Å². The maximum atomic E-state index is 12.4. The maximum absolute atomic E-state index is 12.4. The van der Waals surface area contributed by atoms with Crippen LogP contribution < -0.4 is 10.1 Å². The molecule has 1 aliphatic carbocycles. The monoisotopic (exact) mass is 481 g/mol. The highest BCUT2D eigenvalue weighted by Gasteiger charge is 2.23. The number of para-hydroxylation sites is 1. The van der Waals surface area contributed by atoms with Gasteiger partial charge in [-0.1, -0.05) is 42.7 Å². The second kappa shape index (κ2) is 10.9. The number of carbonyl (C=O) groups excluding carboxylic acids is 3. The summed E-state index contributed by atoms with van der Waals surface area (Å²) in [6.45, 7) is 1.76. The number of hydrogen-bond donors (Lipinski definition) is 1. The van der Waals surface area contributed by atoms with Crippen LogP contribution in [0.4, 0.5) is 0 Å². The van der Waals surface area contributed by atoms with Crippen molar-refractivity contribution in [1.29, 1.82) is 0 Å². The number of esters is 1. The van der Waals surface area contributed by atoms with Gasteiger partial charge in [-0.05, 0) is 31.9 Å². The molecular weight excluding hydrogens is 454 g/mol. The molecule has 3 rings (SSSR count). The molecule has 11 heteroatoms. The molecular formula is C21H27N3O6S2. The number of fused-ring (bicyclic) bond motifs is 1. The van der Waals surface area contributed by atoms with Crippen LogP contribution in [-0.4, -0.2) is 54.9 Å². The molecule has 174 valence electrons. The lowest BCUT2D eigenvalue weighted by atomic mass is 9.95. The molecule has 1 aromatic carbocycles. The number of ether oxygens (including phenoxy) is 1. The third-order valence-corrected chi connectivity index (χ3v) is 7.51. The van der Waals surface area contributed by atoms with Crippen LogP contribution >= 0.6 is 11.3 Å². The van der Waals surface area contributed by atoms with E-state index in [1.165, 1.54) is 15.9 Å². The Labute approximate surface area is 190 Å². The molecule has 1 heterocycles.